The van der Waals surface area contributed by atoms with Crippen LogP contribution in [0.4, 0.5) is 0 Å². The summed E-state index contributed by atoms with van der Waals surface area (Å²) in [6.07, 6.45) is 0. The van der Waals surface area contributed by atoms with Crippen molar-refractivity contribution in [3.05, 3.63) is 0 Å². The monoisotopic (exact) mass is 481 g/mol. The SMILES string of the molecule is PPP1P(P)P[P+](P)(P(P)P)P1P(P)P. The summed E-state index contributed by atoms with van der Waals surface area (Å²) < 4.78 is 0. The van der Waals surface area contributed by atoms with E-state index < -0.39 is 6.02 Å². The molecule has 1 aliphatic rings. The molecule has 1 saturated heterocycles. The zero-order chi connectivity index (χ0) is 11.8. The third-order valence-electron chi connectivity index (χ3n) is 1.57. The molecule has 15 heavy (non-hydrogen) atoms. The smallest absolute Gasteiger partial charge is 0.109 e. The molecule has 90 valence electrons. The number of hydrogen-bond donors (Lipinski definition) is 0. The maximum atomic E-state index is 3.37. The van der Waals surface area contributed by atoms with Gasteiger partial charge in [0.15, 0.2) is 0 Å². The van der Waals surface area contributed by atoms with Gasteiger partial charge in [0.2, 0.25) is 0 Å². The van der Waals surface area contributed by atoms with Gasteiger partial charge in [0.05, 0.1) is 14.9 Å². The lowest BCUT2D eigenvalue weighted by atomic mass is 28.6. The number of hydrogen-bond acceptors (Lipinski definition) is 0. The van der Waals surface area contributed by atoms with E-state index in [1.807, 2.05) is 0 Å². The summed E-state index contributed by atoms with van der Waals surface area (Å²) in [5.74, 6) is 0. The van der Waals surface area contributed by atoms with E-state index in [-0.39, 0.29) is 14.0 Å². The Balaban J connectivity index is 2.99. The minimum absolute atomic E-state index is 0.138. The molecule has 0 aromatic heterocycles. The van der Waals surface area contributed by atoms with Crippen LogP contribution in [0.5, 0.6) is 0 Å². The van der Waals surface area contributed by atoms with Crippen LogP contribution in [0.2, 0.25) is 0 Å². The molecule has 0 aromatic carbocycles. The molecule has 0 nitrogen and oxygen atoms in total. The molecule has 0 aromatic rings. The second kappa shape index (κ2) is 8.92. The standard InChI is InChI=1S/H16P15/c1-8-13-12(6)9-15(7,11(4)5)14(13)10(2)3/h8-9H,1-7H2/q+1. The Hall–Kier alpha value is 6.45. The molecule has 1 rings (SSSR count). The van der Waals surface area contributed by atoms with Gasteiger partial charge in [0, 0.05) is 29.9 Å². The summed E-state index contributed by atoms with van der Waals surface area (Å²) in [7, 11) is 24.6. The Labute approximate surface area is 119 Å². The predicted molar refractivity (Wildman–Crippen MR) is 126 cm³/mol. The van der Waals surface area contributed by atoms with Gasteiger partial charge in [-0.05, 0) is 0 Å². The Morgan fingerprint density at radius 2 is 1.73 bits per heavy atom. The van der Waals surface area contributed by atoms with Gasteiger partial charge in [-0.25, -0.2) is 0 Å². The third kappa shape index (κ3) is 4.96. The van der Waals surface area contributed by atoms with Gasteiger partial charge >= 0.3 is 0 Å². The summed E-state index contributed by atoms with van der Waals surface area (Å²) in [6.45, 7) is 1.32. The van der Waals surface area contributed by atoms with Crippen molar-refractivity contribution in [2.45, 2.75) is 0 Å². The van der Waals surface area contributed by atoms with E-state index in [1.54, 1.807) is 0 Å². The Bertz CT molecular complexity index is 204. The average Bonchev–Trinajstić information content (AvgIpc) is 2.38. The van der Waals surface area contributed by atoms with Gasteiger partial charge < -0.3 is 0 Å². The van der Waals surface area contributed by atoms with Gasteiger partial charge in [0.25, 0.3) is 0 Å². The predicted octanol–water partition coefficient (Wildman–Crippen LogP) is 8.63. The molecule has 0 bridgehead atoms. The van der Waals surface area contributed by atoms with Crippen molar-refractivity contribution in [2.24, 2.45) is 0 Å². The van der Waals surface area contributed by atoms with Crippen molar-refractivity contribution in [3.8, 4) is 0 Å². The van der Waals surface area contributed by atoms with Gasteiger partial charge in [-0.3, -0.25) is 0 Å². The first-order valence-electron chi connectivity index (χ1n) is 3.51. The summed E-state index contributed by atoms with van der Waals surface area (Å²) in [5.41, 5.74) is 0. The first-order chi connectivity index (χ1) is 6.84. The van der Waals surface area contributed by atoms with Crippen LogP contribution in [0, 0.1) is 0 Å². The van der Waals surface area contributed by atoms with E-state index in [2.05, 4.69) is 62.5 Å². The molecule has 0 amide bonds. The van der Waals surface area contributed by atoms with Gasteiger partial charge in [-0.15, -0.1) is 8.93 Å². The summed E-state index contributed by atoms with van der Waals surface area (Å²) in [5, 5.41) is 0. The second-order valence-electron chi connectivity index (χ2n) is 2.54. The largest absolute Gasteiger partial charge is 0.126 e. The molecule has 0 aliphatic carbocycles. The first kappa shape index (κ1) is 19.5. The zero-order valence-electron chi connectivity index (χ0n) is 7.72. The molecule has 1 heterocycles. The van der Waals surface area contributed by atoms with E-state index in [4.69, 9.17) is 0 Å². The van der Waals surface area contributed by atoms with Crippen LogP contribution in [0.25, 0.3) is 0 Å². The fraction of sp³-hybridized carbons (Fsp3) is 0. The highest BCUT2D eigenvalue weighted by Gasteiger charge is 2.60. The Kier molecular flexibility index (Phi) is 11.6. The molecule has 0 spiro atoms. The van der Waals surface area contributed by atoms with Gasteiger partial charge in [0.1, 0.15) is 13.0 Å². The fourth-order valence-electron chi connectivity index (χ4n) is 0.962. The summed E-state index contributed by atoms with van der Waals surface area (Å²) >= 11 is 0. The normalized spacial score (nSPS) is 44.2. The Morgan fingerprint density at radius 1 is 1.20 bits per heavy atom. The second-order valence-corrected chi connectivity index (χ2v) is 68.6. The van der Waals surface area contributed by atoms with E-state index in [9.17, 15) is 0 Å². The minimum atomic E-state index is -0.670. The molecule has 0 radical (unpaired) electrons. The van der Waals surface area contributed by atoms with Crippen molar-refractivity contribution in [1.29, 1.82) is 0 Å². The quantitative estimate of drug-likeness (QED) is 0.355. The fourth-order valence-corrected chi connectivity index (χ4v) is 234. The lowest BCUT2D eigenvalue weighted by Gasteiger charge is -2.30. The minimum Gasteiger partial charge on any atom is -0.109 e. The molecule has 15 heteroatoms. The van der Waals surface area contributed by atoms with Crippen LogP contribution >= 0.6 is 119 Å². The maximum Gasteiger partial charge on any atom is 0.126 e. The lowest BCUT2D eigenvalue weighted by Crippen LogP contribution is -1.50. The van der Waals surface area contributed by atoms with Gasteiger partial charge in [-0.1, -0.05) is 52.6 Å². The van der Waals surface area contributed by atoms with Crippen LogP contribution in [-0.4, -0.2) is 0 Å². The van der Waals surface area contributed by atoms with E-state index in [1.165, 1.54) is 7.96 Å². The van der Waals surface area contributed by atoms with Crippen LogP contribution in [0.15, 0.2) is 0 Å². The molecule has 13 unspecified atom stereocenters. The molecule has 1 aliphatic heterocycles. The van der Waals surface area contributed by atoms with Crippen LogP contribution in [-0.2, 0) is 0 Å². The molecule has 0 N–H and O–H groups in total. The first-order valence-corrected chi connectivity index (χ1v) is 31.6. The summed E-state index contributed by atoms with van der Waals surface area (Å²) in [6, 6.07) is -0.670. The molecule has 13 atom stereocenters. The van der Waals surface area contributed by atoms with Crippen molar-refractivity contribution in [2.75, 3.05) is 0 Å². The van der Waals surface area contributed by atoms with Crippen LogP contribution in [0.1, 0.15) is 0 Å². The van der Waals surface area contributed by atoms with Crippen molar-refractivity contribution in [3.63, 3.8) is 0 Å². The van der Waals surface area contributed by atoms with Crippen molar-refractivity contribution >= 4 is 119 Å². The summed E-state index contributed by atoms with van der Waals surface area (Å²) in [4.78, 5) is 0. The highest BCUT2D eigenvalue weighted by atomic mass is 33.5. The molecule has 1 fully saturated rings. The molecular weight excluding hydrogens is 465 g/mol. The molecular formula is H16P15+. The third-order valence-corrected chi connectivity index (χ3v) is 127. The topological polar surface area (TPSA) is 0 Å². The van der Waals surface area contributed by atoms with E-state index >= 15 is 0 Å². The Morgan fingerprint density at radius 3 is 2.07 bits per heavy atom. The highest BCUT2D eigenvalue weighted by Crippen LogP contribution is 3.40. The van der Waals surface area contributed by atoms with Crippen LogP contribution < -0.4 is 0 Å². The maximum absolute atomic E-state index is 3.37. The lowest BCUT2D eigenvalue weighted by molar-refractivity contribution is 4.56. The van der Waals surface area contributed by atoms with Gasteiger partial charge in [-0.2, -0.15) is 0 Å². The van der Waals surface area contributed by atoms with Crippen molar-refractivity contribution < 1.29 is 0 Å². The molecule has 0 saturated carbocycles. The van der Waals surface area contributed by atoms with Crippen LogP contribution in [0.3, 0.4) is 0 Å². The van der Waals surface area contributed by atoms with Crippen molar-refractivity contribution in [1.82, 2.24) is 0 Å². The van der Waals surface area contributed by atoms with E-state index in [0.717, 1.165) is 7.96 Å². The highest BCUT2D eigenvalue weighted by molar-refractivity contribution is 9.46. The zero-order valence-corrected chi connectivity index (χ0v) is 23.2. The number of rotatable bonds is 3. The van der Waals surface area contributed by atoms with E-state index in [0.29, 0.717) is 21.0 Å². The average molecular weight is 481 g/mol.